The van der Waals surface area contributed by atoms with Crippen LogP contribution in [-0.2, 0) is 10.0 Å². The van der Waals surface area contributed by atoms with Gasteiger partial charge in [-0.1, -0.05) is 6.92 Å². The molecule has 0 spiro atoms. The van der Waals surface area contributed by atoms with Crippen LogP contribution >= 0.6 is 15.9 Å². The van der Waals surface area contributed by atoms with Gasteiger partial charge in [-0.15, -0.1) is 0 Å². The number of carbonyl (C=O) groups is 1. The summed E-state index contributed by atoms with van der Waals surface area (Å²) in [6, 6.07) is 1.50. The Kier molecular flexibility index (Phi) is 5.16. The van der Waals surface area contributed by atoms with E-state index in [1.807, 2.05) is 0 Å². The third-order valence-electron chi connectivity index (χ3n) is 1.88. The molecular formula is C9H13BrN2O4S. The summed E-state index contributed by atoms with van der Waals surface area (Å²) in [6.45, 7) is 2.08. The van der Waals surface area contributed by atoms with Crippen LogP contribution in [0.4, 0.5) is 0 Å². The Morgan fingerprint density at radius 1 is 1.53 bits per heavy atom. The zero-order chi connectivity index (χ0) is 12.9. The van der Waals surface area contributed by atoms with Crippen LogP contribution in [0.1, 0.15) is 17.3 Å². The highest BCUT2D eigenvalue weighted by molar-refractivity contribution is 9.10. The van der Waals surface area contributed by atoms with E-state index in [0.717, 1.165) is 0 Å². The van der Waals surface area contributed by atoms with E-state index < -0.39 is 10.0 Å². The molecule has 0 bridgehead atoms. The number of amides is 1. The van der Waals surface area contributed by atoms with Crippen molar-refractivity contribution in [1.82, 2.24) is 10.0 Å². The molecule has 17 heavy (non-hydrogen) atoms. The van der Waals surface area contributed by atoms with Gasteiger partial charge in [0.15, 0.2) is 4.67 Å². The molecule has 0 aliphatic heterocycles. The van der Waals surface area contributed by atoms with Crippen molar-refractivity contribution >= 4 is 31.9 Å². The smallest absolute Gasteiger partial charge is 0.255 e. The van der Waals surface area contributed by atoms with Crippen molar-refractivity contribution in [1.29, 1.82) is 0 Å². The lowest BCUT2D eigenvalue weighted by Gasteiger charge is -2.05. The molecule has 0 fully saturated rings. The summed E-state index contributed by atoms with van der Waals surface area (Å²) in [7, 11) is -3.31. The van der Waals surface area contributed by atoms with Crippen LogP contribution in [0.2, 0.25) is 0 Å². The third kappa shape index (κ3) is 4.49. The average Bonchev–Trinajstić information content (AvgIpc) is 2.63. The second kappa shape index (κ2) is 6.18. The lowest BCUT2D eigenvalue weighted by atomic mass is 10.3. The number of carbonyl (C=O) groups excluding carboxylic acids is 1. The van der Waals surface area contributed by atoms with E-state index >= 15 is 0 Å². The predicted molar refractivity (Wildman–Crippen MR) is 66.2 cm³/mol. The molecule has 8 heteroatoms. The normalized spacial score (nSPS) is 11.4. The van der Waals surface area contributed by atoms with Gasteiger partial charge in [-0.3, -0.25) is 4.79 Å². The molecule has 6 nitrogen and oxygen atoms in total. The summed E-state index contributed by atoms with van der Waals surface area (Å²) < 4.78 is 30.1. The fourth-order valence-corrected chi connectivity index (χ4v) is 2.52. The number of rotatable bonds is 6. The highest BCUT2D eigenvalue weighted by atomic mass is 79.9. The lowest BCUT2D eigenvalue weighted by Crippen LogP contribution is -2.34. The summed E-state index contributed by atoms with van der Waals surface area (Å²) in [5.74, 6) is -0.528. The van der Waals surface area contributed by atoms with E-state index in [9.17, 15) is 13.2 Å². The molecule has 2 N–H and O–H groups in total. The minimum Gasteiger partial charge on any atom is -0.457 e. The molecule has 0 unspecified atom stereocenters. The number of nitrogens with one attached hydrogen (secondary N) is 2. The minimum absolute atomic E-state index is 0.0474. The first kappa shape index (κ1) is 14.2. The molecule has 1 amide bonds. The van der Waals surface area contributed by atoms with Gasteiger partial charge in [0.1, 0.15) is 0 Å². The van der Waals surface area contributed by atoms with Gasteiger partial charge >= 0.3 is 0 Å². The fourth-order valence-electron chi connectivity index (χ4n) is 1.14. The van der Waals surface area contributed by atoms with Crippen LogP contribution < -0.4 is 10.0 Å². The van der Waals surface area contributed by atoms with Gasteiger partial charge in [-0.05, 0) is 22.0 Å². The molecule has 96 valence electrons. The zero-order valence-electron chi connectivity index (χ0n) is 9.20. The van der Waals surface area contributed by atoms with Gasteiger partial charge in [-0.25, -0.2) is 13.1 Å². The molecule has 0 radical (unpaired) electrons. The van der Waals surface area contributed by atoms with E-state index in [1.165, 1.54) is 12.3 Å². The van der Waals surface area contributed by atoms with Gasteiger partial charge < -0.3 is 9.73 Å². The van der Waals surface area contributed by atoms with Gasteiger partial charge in [0.05, 0.1) is 17.6 Å². The maximum absolute atomic E-state index is 11.6. The molecule has 1 aromatic rings. The first-order valence-corrected chi connectivity index (χ1v) is 7.39. The quantitative estimate of drug-likeness (QED) is 0.806. The summed E-state index contributed by atoms with van der Waals surface area (Å²) in [4.78, 5) is 11.6. The lowest BCUT2D eigenvalue weighted by molar-refractivity contribution is 0.0954. The van der Waals surface area contributed by atoms with Crippen molar-refractivity contribution in [2.75, 3.05) is 18.8 Å². The van der Waals surface area contributed by atoms with E-state index in [0.29, 0.717) is 16.8 Å². The van der Waals surface area contributed by atoms with E-state index in [-0.39, 0.29) is 18.2 Å². The summed E-state index contributed by atoms with van der Waals surface area (Å²) in [5.41, 5.74) is 0.339. The highest BCUT2D eigenvalue weighted by Gasteiger charge is 2.13. The minimum atomic E-state index is -3.31. The number of hydrogen-bond donors (Lipinski definition) is 2. The van der Waals surface area contributed by atoms with Crippen LogP contribution in [0.3, 0.4) is 0 Å². The largest absolute Gasteiger partial charge is 0.457 e. The third-order valence-corrected chi connectivity index (χ3v) is 3.97. The van der Waals surface area contributed by atoms with Gasteiger partial charge in [0.2, 0.25) is 10.0 Å². The Bertz CT molecular complexity index is 483. The second-order valence-corrected chi connectivity index (χ2v) is 5.83. The van der Waals surface area contributed by atoms with Crippen molar-refractivity contribution in [3.05, 3.63) is 22.6 Å². The molecule has 1 aromatic heterocycles. The van der Waals surface area contributed by atoms with Gasteiger partial charge in [0.25, 0.3) is 5.91 Å². The Balaban J connectivity index is 2.43. The summed E-state index contributed by atoms with van der Waals surface area (Å²) in [6.07, 6.45) is 1.37. The van der Waals surface area contributed by atoms with Crippen molar-refractivity contribution < 1.29 is 17.6 Å². The monoisotopic (exact) mass is 324 g/mol. The molecule has 0 aromatic carbocycles. The zero-order valence-corrected chi connectivity index (χ0v) is 11.6. The van der Waals surface area contributed by atoms with Crippen LogP contribution in [0.25, 0.3) is 0 Å². The number of hydrogen-bond acceptors (Lipinski definition) is 4. The molecule has 0 aliphatic rings. The molecular weight excluding hydrogens is 312 g/mol. The van der Waals surface area contributed by atoms with Crippen molar-refractivity contribution in [2.24, 2.45) is 0 Å². The van der Waals surface area contributed by atoms with E-state index in [2.05, 4.69) is 26.0 Å². The van der Waals surface area contributed by atoms with E-state index in [1.54, 1.807) is 6.92 Å². The molecule has 0 atom stereocenters. The molecule has 0 saturated carbocycles. The Morgan fingerprint density at radius 2 is 2.24 bits per heavy atom. The summed E-state index contributed by atoms with van der Waals surface area (Å²) in [5, 5.41) is 2.49. The number of sulfonamides is 1. The molecule has 0 saturated heterocycles. The number of furan rings is 1. The molecule has 0 aliphatic carbocycles. The van der Waals surface area contributed by atoms with Crippen molar-refractivity contribution in [3.8, 4) is 0 Å². The maximum atomic E-state index is 11.6. The maximum Gasteiger partial charge on any atom is 0.255 e. The SMILES string of the molecule is CCNS(=O)(=O)CCNC(=O)c1ccoc1Br. The summed E-state index contributed by atoms with van der Waals surface area (Å²) >= 11 is 3.07. The molecule has 1 heterocycles. The number of halogens is 1. The Morgan fingerprint density at radius 3 is 2.76 bits per heavy atom. The van der Waals surface area contributed by atoms with Gasteiger partial charge in [0, 0.05) is 13.1 Å². The topological polar surface area (TPSA) is 88.4 Å². The van der Waals surface area contributed by atoms with Crippen LogP contribution in [-0.4, -0.2) is 33.2 Å². The Labute approximate surface area is 108 Å². The average molecular weight is 325 g/mol. The first-order valence-electron chi connectivity index (χ1n) is 4.95. The second-order valence-electron chi connectivity index (χ2n) is 3.18. The first-order chi connectivity index (χ1) is 7.96. The Hall–Kier alpha value is -0.860. The van der Waals surface area contributed by atoms with Crippen LogP contribution in [0, 0.1) is 0 Å². The van der Waals surface area contributed by atoms with Crippen LogP contribution in [0.15, 0.2) is 21.4 Å². The van der Waals surface area contributed by atoms with Crippen LogP contribution in [0.5, 0.6) is 0 Å². The fraction of sp³-hybridized carbons (Fsp3) is 0.444. The van der Waals surface area contributed by atoms with E-state index in [4.69, 9.17) is 4.42 Å². The standard InChI is InChI=1S/C9H13BrN2O4S/c1-2-12-17(14,15)6-4-11-9(13)7-3-5-16-8(7)10/h3,5,12H,2,4,6H2,1H3,(H,11,13). The molecule has 1 rings (SSSR count). The van der Waals surface area contributed by atoms with Crippen molar-refractivity contribution in [2.45, 2.75) is 6.92 Å². The predicted octanol–water partition coefficient (Wildman–Crippen LogP) is 0.711. The van der Waals surface area contributed by atoms with Gasteiger partial charge in [-0.2, -0.15) is 0 Å². The van der Waals surface area contributed by atoms with Crippen molar-refractivity contribution in [3.63, 3.8) is 0 Å². The highest BCUT2D eigenvalue weighted by Crippen LogP contribution is 2.16.